The zero-order chi connectivity index (χ0) is 16.7. The summed E-state index contributed by atoms with van der Waals surface area (Å²) in [4.78, 5) is 25.3. The van der Waals surface area contributed by atoms with Crippen LogP contribution >= 0.6 is 0 Å². The van der Waals surface area contributed by atoms with E-state index in [2.05, 4.69) is 5.32 Å². The van der Waals surface area contributed by atoms with E-state index in [1.165, 1.54) is 11.8 Å². The highest BCUT2D eigenvalue weighted by molar-refractivity contribution is 5.83. The van der Waals surface area contributed by atoms with Crippen LogP contribution in [0.15, 0.2) is 47.1 Å². The van der Waals surface area contributed by atoms with Crippen LogP contribution in [0.25, 0.3) is 0 Å². The second-order valence-corrected chi connectivity index (χ2v) is 5.04. The van der Waals surface area contributed by atoms with Crippen molar-refractivity contribution in [1.29, 1.82) is 0 Å². The number of nitrogens with zero attached hydrogens (tertiary/aromatic N) is 1. The Morgan fingerprint density at radius 3 is 2.65 bits per heavy atom. The summed E-state index contributed by atoms with van der Waals surface area (Å²) in [6.45, 7) is 2.03. The van der Waals surface area contributed by atoms with Crippen LogP contribution < -0.4 is 10.1 Å². The second-order valence-electron chi connectivity index (χ2n) is 5.04. The lowest BCUT2D eigenvalue weighted by Crippen LogP contribution is -2.39. The van der Waals surface area contributed by atoms with Crippen molar-refractivity contribution in [3.63, 3.8) is 0 Å². The van der Waals surface area contributed by atoms with Crippen molar-refractivity contribution in [2.45, 2.75) is 20.0 Å². The number of hydrogen-bond donors (Lipinski definition) is 1. The zero-order valence-electron chi connectivity index (χ0n) is 13.2. The lowest BCUT2D eigenvalue weighted by Gasteiger charge is -2.21. The number of para-hydroxylation sites is 1. The molecule has 0 fully saturated rings. The molecule has 0 aliphatic rings. The van der Waals surface area contributed by atoms with E-state index in [9.17, 15) is 9.59 Å². The fourth-order valence-corrected chi connectivity index (χ4v) is 2.15. The highest BCUT2D eigenvalue weighted by atomic mass is 16.5. The van der Waals surface area contributed by atoms with Crippen LogP contribution in [-0.2, 0) is 22.7 Å². The Morgan fingerprint density at radius 1 is 1.22 bits per heavy atom. The Bertz CT molecular complexity index is 652. The molecule has 1 heterocycles. The van der Waals surface area contributed by atoms with E-state index < -0.39 is 0 Å². The Morgan fingerprint density at radius 2 is 2.00 bits per heavy atom. The Kier molecular flexibility index (Phi) is 5.80. The van der Waals surface area contributed by atoms with Gasteiger partial charge in [0.05, 0.1) is 26.5 Å². The molecule has 2 rings (SSSR count). The third kappa shape index (κ3) is 4.88. The molecule has 1 N–H and O–H groups in total. The van der Waals surface area contributed by atoms with Gasteiger partial charge in [0, 0.05) is 19.0 Å². The van der Waals surface area contributed by atoms with Crippen molar-refractivity contribution in [3.8, 4) is 5.75 Å². The maximum absolute atomic E-state index is 12.0. The summed E-state index contributed by atoms with van der Waals surface area (Å²) >= 11 is 0. The number of methoxy groups -OCH3 is 1. The Hall–Kier alpha value is -2.76. The molecule has 0 aliphatic heterocycles. The summed E-state index contributed by atoms with van der Waals surface area (Å²) in [6, 6.07) is 11.0. The zero-order valence-corrected chi connectivity index (χ0v) is 13.2. The van der Waals surface area contributed by atoms with Crippen LogP contribution in [0.5, 0.6) is 5.75 Å². The lowest BCUT2D eigenvalue weighted by molar-refractivity contribution is -0.135. The van der Waals surface area contributed by atoms with Gasteiger partial charge in [0.2, 0.25) is 11.8 Å². The smallest absolute Gasteiger partial charge is 0.240 e. The van der Waals surface area contributed by atoms with E-state index in [1.807, 2.05) is 24.3 Å². The summed E-state index contributed by atoms with van der Waals surface area (Å²) in [6.07, 6.45) is 1.55. The van der Waals surface area contributed by atoms with E-state index in [0.717, 1.165) is 5.56 Å². The van der Waals surface area contributed by atoms with Gasteiger partial charge < -0.3 is 19.4 Å². The van der Waals surface area contributed by atoms with Gasteiger partial charge in [0.25, 0.3) is 0 Å². The van der Waals surface area contributed by atoms with Crippen molar-refractivity contribution >= 4 is 11.8 Å². The minimum atomic E-state index is -0.244. The summed E-state index contributed by atoms with van der Waals surface area (Å²) < 4.78 is 10.4. The fourth-order valence-electron chi connectivity index (χ4n) is 2.15. The molecule has 0 atom stereocenters. The van der Waals surface area contributed by atoms with E-state index >= 15 is 0 Å². The van der Waals surface area contributed by atoms with Gasteiger partial charge in [-0.25, -0.2) is 0 Å². The molecule has 0 saturated heterocycles. The van der Waals surface area contributed by atoms with E-state index in [-0.39, 0.29) is 18.4 Å². The highest BCUT2D eigenvalue weighted by Crippen LogP contribution is 2.19. The Labute approximate surface area is 135 Å². The summed E-state index contributed by atoms with van der Waals surface area (Å²) in [5, 5.41) is 2.73. The normalized spacial score (nSPS) is 10.2. The van der Waals surface area contributed by atoms with Crippen molar-refractivity contribution in [1.82, 2.24) is 10.2 Å². The van der Waals surface area contributed by atoms with Gasteiger partial charge in [0.15, 0.2) is 0 Å². The summed E-state index contributed by atoms with van der Waals surface area (Å²) in [5.74, 6) is 0.933. The number of benzene rings is 1. The molecule has 0 bridgehead atoms. The minimum absolute atomic E-state index is 0.0198. The number of rotatable bonds is 7. The van der Waals surface area contributed by atoms with Crippen LogP contribution in [0.1, 0.15) is 18.2 Å². The Balaban J connectivity index is 1.95. The number of nitrogens with one attached hydrogen (secondary N) is 1. The summed E-state index contributed by atoms with van der Waals surface area (Å²) in [7, 11) is 1.58. The summed E-state index contributed by atoms with van der Waals surface area (Å²) in [5.41, 5.74) is 0.851. The molecule has 0 unspecified atom stereocenters. The van der Waals surface area contributed by atoms with Crippen LogP contribution in [0.2, 0.25) is 0 Å². The van der Waals surface area contributed by atoms with E-state index in [4.69, 9.17) is 9.15 Å². The van der Waals surface area contributed by atoms with Crippen LogP contribution in [0.4, 0.5) is 0 Å². The predicted octanol–water partition coefficient (Wildman–Crippen LogP) is 1.95. The number of carbonyl (C=O) groups excluding carboxylic acids is 2. The number of carbonyl (C=O) groups is 2. The number of furan rings is 1. The largest absolute Gasteiger partial charge is 0.496 e. The van der Waals surface area contributed by atoms with E-state index in [0.29, 0.717) is 24.6 Å². The first-order valence-electron chi connectivity index (χ1n) is 7.26. The van der Waals surface area contributed by atoms with Gasteiger partial charge in [-0.3, -0.25) is 9.59 Å². The number of ether oxygens (including phenoxy) is 1. The molecule has 23 heavy (non-hydrogen) atoms. The average molecular weight is 316 g/mol. The van der Waals surface area contributed by atoms with Crippen molar-refractivity contribution in [2.75, 3.05) is 13.7 Å². The van der Waals surface area contributed by atoms with Gasteiger partial charge in [-0.2, -0.15) is 0 Å². The van der Waals surface area contributed by atoms with E-state index in [1.54, 1.807) is 25.5 Å². The van der Waals surface area contributed by atoms with Crippen molar-refractivity contribution < 1.29 is 18.7 Å². The lowest BCUT2D eigenvalue weighted by atomic mass is 10.2. The number of amides is 2. The molecule has 6 nitrogen and oxygen atoms in total. The molecule has 0 aliphatic carbocycles. The molecule has 2 aromatic rings. The van der Waals surface area contributed by atoms with Gasteiger partial charge >= 0.3 is 0 Å². The maximum atomic E-state index is 12.0. The van der Waals surface area contributed by atoms with Crippen LogP contribution in [-0.4, -0.2) is 30.4 Å². The monoisotopic (exact) mass is 316 g/mol. The van der Waals surface area contributed by atoms with Crippen LogP contribution in [0.3, 0.4) is 0 Å². The third-order valence-electron chi connectivity index (χ3n) is 3.37. The van der Waals surface area contributed by atoms with Crippen molar-refractivity contribution in [2.24, 2.45) is 0 Å². The SMILES string of the molecule is COc1ccccc1CN(CC(=O)NCc1ccco1)C(C)=O. The quantitative estimate of drug-likeness (QED) is 0.847. The van der Waals surface area contributed by atoms with Gasteiger partial charge in [-0.15, -0.1) is 0 Å². The fraction of sp³-hybridized carbons (Fsp3) is 0.294. The average Bonchev–Trinajstić information content (AvgIpc) is 3.06. The molecule has 1 aromatic heterocycles. The minimum Gasteiger partial charge on any atom is -0.496 e. The molecule has 1 aromatic carbocycles. The number of hydrogen-bond acceptors (Lipinski definition) is 4. The molecule has 0 saturated carbocycles. The highest BCUT2D eigenvalue weighted by Gasteiger charge is 2.16. The van der Waals surface area contributed by atoms with Gasteiger partial charge in [0.1, 0.15) is 11.5 Å². The maximum Gasteiger partial charge on any atom is 0.240 e. The predicted molar refractivity (Wildman–Crippen MR) is 84.6 cm³/mol. The topological polar surface area (TPSA) is 71.8 Å². The van der Waals surface area contributed by atoms with Crippen molar-refractivity contribution in [3.05, 3.63) is 54.0 Å². The molecular weight excluding hydrogens is 296 g/mol. The van der Waals surface area contributed by atoms with Gasteiger partial charge in [-0.1, -0.05) is 18.2 Å². The second kappa shape index (κ2) is 8.03. The molecular formula is C17H20N2O4. The molecule has 2 amide bonds. The molecule has 6 heteroatoms. The first-order valence-corrected chi connectivity index (χ1v) is 7.26. The first kappa shape index (κ1) is 16.6. The van der Waals surface area contributed by atoms with Crippen LogP contribution in [0, 0.1) is 0 Å². The molecule has 0 spiro atoms. The molecule has 0 radical (unpaired) electrons. The van der Waals surface area contributed by atoms with Gasteiger partial charge in [-0.05, 0) is 18.2 Å². The first-order chi connectivity index (χ1) is 11.1. The standard InChI is InChI=1S/C17H20N2O4/c1-13(20)19(11-14-6-3-4-8-16(14)22-2)12-17(21)18-10-15-7-5-9-23-15/h3-9H,10-12H2,1-2H3,(H,18,21). The third-order valence-corrected chi connectivity index (χ3v) is 3.37. The molecule has 122 valence electrons.